The molecule has 0 aliphatic rings. The lowest BCUT2D eigenvalue weighted by atomic mass is 10.1. The van der Waals surface area contributed by atoms with Gasteiger partial charge in [-0.05, 0) is 37.1 Å². The van der Waals surface area contributed by atoms with E-state index in [-0.39, 0.29) is 10.8 Å². The van der Waals surface area contributed by atoms with E-state index in [2.05, 4.69) is 5.32 Å². The van der Waals surface area contributed by atoms with Crippen LogP contribution in [0.2, 0.25) is 0 Å². The summed E-state index contributed by atoms with van der Waals surface area (Å²) in [6.45, 7) is 4.19. The Bertz CT molecular complexity index is 793. The number of aryl methyl sites for hydroxylation is 2. The van der Waals surface area contributed by atoms with E-state index in [4.69, 9.17) is 0 Å². The molecule has 2 aromatic carbocycles. The number of hydrogen-bond acceptors (Lipinski definition) is 3. The fourth-order valence-electron chi connectivity index (χ4n) is 2.06. The molecule has 1 amide bonds. The number of carbonyl (C=O) groups excluding carboxylic acids is 1. The normalized spacial score (nSPS) is 11.2. The van der Waals surface area contributed by atoms with Crippen LogP contribution in [0.5, 0.6) is 0 Å². The van der Waals surface area contributed by atoms with Crippen molar-refractivity contribution in [2.24, 2.45) is 0 Å². The van der Waals surface area contributed by atoms with Gasteiger partial charge in [-0.2, -0.15) is 0 Å². The van der Waals surface area contributed by atoms with Crippen molar-refractivity contribution in [3.05, 3.63) is 64.7 Å². The van der Waals surface area contributed by atoms with Crippen LogP contribution in [0.4, 0.5) is 0 Å². The zero-order valence-corrected chi connectivity index (χ0v) is 13.7. The van der Waals surface area contributed by atoms with E-state index in [1.165, 1.54) is 12.1 Å². The first kappa shape index (κ1) is 16.2. The minimum Gasteiger partial charge on any atom is -0.348 e. The highest BCUT2D eigenvalue weighted by molar-refractivity contribution is 7.90. The SMILES string of the molecule is Cc1ccc(CNC(=O)c2cc(S(C)(=O)=O)ccc2C)cc1. The largest absolute Gasteiger partial charge is 0.348 e. The zero-order valence-electron chi connectivity index (χ0n) is 12.9. The average Bonchev–Trinajstić information content (AvgIpc) is 2.45. The quantitative estimate of drug-likeness (QED) is 0.943. The highest BCUT2D eigenvalue weighted by Crippen LogP contribution is 2.16. The zero-order chi connectivity index (χ0) is 16.3. The Morgan fingerprint density at radius 1 is 1.05 bits per heavy atom. The summed E-state index contributed by atoms with van der Waals surface area (Å²) in [6, 6.07) is 12.5. The predicted molar refractivity (Wildman–Crippen MR) is 86.6 cm³/mol. The molecule has 5 heteroatoms. The van der Waals surface area contributed by atoms with Gasteiger partial charge in [0.25, 0.3) is 5.91 Å². The van der Waals surface area contributed by atoms with Gasteiger partial charge in [0.2, 0.25) is 0 Å². The van der Waals surface area contributed by atoms with E-state index in [9.17, 15) is 13.2 Å². The minimum atomic E-state index is -3.33. The highest BCUT2D eigenvalue weighted by Gasteiger charge is 2.14. The second-order valence-corrected chi connectivity index (χ2v) is 7.43. The molecule has 0 heterocycles. The van der Waals surface area contributed by atoms with Gasteiger partial charge in [0.1, 0.15) is 0 Å². The maximum absolute atomic E-state index is 12.3. The van der Waals surface area contributed by atoms with Crippen LogP contribution in [0.1, 0.15) is 27.0 Å². The van der Waals surface area contributed by atoms with Gasteiger partial charge >= 0.3 is 0 Å². The predicted octanol–water partition coefficient (Wildman–Crippen LogP) is 2.64. The number of rotatable bonds is 4. The first-order chi connectivity index (χ1) is 10.3. The van der Waals surface area contributed by atoms with Gasteiger partial charge in [0, 0.05) is 18.4 Å². The third-order valence-corrected chi connectivity index (χ3v) is 4.57. The minimum absolute atomic E-state index is 0.151. The second kappa shape index (κ2) is 6.32. The van der Waals surface area contributed by atoms with Crippen molar-refractivity contribution in [2.45, 2.75) is 25.3 Å². The molecule has 2 rings (SSSR count). The van der Waals surface area contributed by atoms with Crippen molar-refractivity contribution < 1.29 is 13.2 Å². The highest BCUT2D eigenvalue weighted by atomic mass is 32.2. The summed E-state index contributed by atoms with van der Waals surface area (Å²) in [4.78, 5) is 12.4. The monoisotopic (exact) mass is 317 g/mol. The fourth-order valence-corrected chi connectivity index (χ4v) is 2.71. The van der Waals surface area contributed by atoms with E-state index in [1.807, 2.05) is 31.2 Å². The topological polar surface area (TPSA) is 63.2 Å². The van der Waals surface area contributed by atoms with Crippen molar-refractivity contribution >= 4 is 15.7 Å². The van der Waals surface area contributed by atoms with Gasteiger partial charge in [0.05, 0.1) is 4.90 Å². The van der Waals surface area contributed by atoms with E-state index in [0.29, 0.717) is 12.1 Å². The van der Waals surface area contributed by atoms with Crippen LogP contribution in [0.25, 0.3) is 0 Å². The Hall–Kier alpha value is -2.14. The Morgan fingerprint density at radius 3 is 2.27 bits per heavy atom. The number of sulfone groups is 1. The first-order valence-electron chi connectivity index (χ1n) is 6.92. The van der Waals surface area contributed by atoms with Crippen LogP contribution in [0.3, 0.4) is 0 Å². The number of nitrogens with one attached hydrogen (secondary N) is 1. The van der Waals surface area contributed by atoms with Gasteiger partial charge in [-0.15, -0.1) is 0 Å². The Labute approximate surface area is 131 Å². The molecule has 22 heavy (non-hydrogen) atoms. The van der Waals surface area contributed by atoms with Crippen molar-refractivity contribution in [1.82, 2.24) is 5.32 Å². The molecule has 116 valence electrons. The molecule has 0 aliphatic heterocycles. The second-order valence-electron chi connectivity index (χ2n) is 5.42. The fraction of sp³-hybridized carbons (Fsp3) is 0.235. The Balaban J connectivity index is 2.17. The molecule has 0 atom stereocenters. The molecule has 0 spiro atoms. The molecule has 2 aromatic rings. The van der Waals surface area contributed by atoms with Crippen molar-refractivity contribution in [3.63, 3.8) is 0 Å². The summed E-state index contributed by atoms with van der Waals surface area (Å²) < 4.78 is 23.2. The lowest BCUT2D eigenvalue weighted by Crippen LogP contribution is -2.24. The third kappa shape index (κ3) is 3.95. The standard InChI is InChI=1S/C17H19NO3S/c1-12-4-7-14(8-5-12)11-18-17(19)16-10-15(22(3,20)21)9-6-13(16)2/h4-10H,11H2,1-3H3,(H,18,19). The van der Waals surface area contributed by atoms with Gasteiger partial charge in [-0.25, -0.2) is 8.42 Å². The van der Waals surface area contributed by atoms with E-state index in [0.717, 1.165) is 22.9 Å². The molecule has 0 unspecified atom stereocenters. The first-order valence-corrected chi connectivity index (χ1v) is 8.81. The maximum Gasteiger partial charge on any atom is 0.251 e. The molecule has 0 aromatic heterocycles. The molecule has 0 saturated heterocycles. The van der Waals surface area contributed by atoms with Crippen molar-refractivity contribution in [3.8, 4) is 0 Å². The van der Waals surface area contributed by atoms with Crippen LogP contribution in [-0.2, 0) is 16.4 Å². The summed E-state index contributed by atoms with van der Waals surface area (Å²) >= 11 is 0. The van der Waals surface area contributed by atoms with Crippen molar-refractivity contribution in [1.29, 1.82) is 0 Å². The van der Waals surface area contributed by atoms with E-state index in [1.54, 1.807) is 13.0 Å². The summed E-state index contributed by atoms with van der Waals surface area (Å²) in [5.41, 5.74) is 3.28. The van der Waals surface area contributed by atoms with E-state index >= 15 is 0 Å². The van der Waals surface area contributed by atoms with Crippen LogP contribution in [-0.4, -0.2) is 20.6 Å². The van der Waals surface area contributed by atoms with Crippen LogP contribution in [0.15, 0.2) is 47.4 Å². The molecule has 0 radical (unpaired) electrons. The average molecular weight is 317 g/mol. The third-order valence-electron chi connectivity index (χ3n) is 3.46. The number of amides is 1. The van der Waals surface area contributed by atoms with E-state index < -0.39 is 9.84 Å². The Kier molecular flexibility index (Phi) is 4.66. The number of hydrogen-bond donors (Lipinski definition) is 1. The van der Waals surface area contributed by atoms with Gasteiger partial charge < -0.3 is 5.32 Å². The van der Waals surface area contributed by atoms with Crippen LogP contribution in [0, 0.1) is 13.8 Å². The summed E-state index contributed by atoms with van der Waals surface area (Å²) in [5, 5.41) is 2.82. The Morgan fingerprint density at radius 2 is 1.68 bits per heavy atom. The lowest BCUT2D eigenvalue weighted by Gasteiger charge is -2.09. The van der Waals surface area contributed by atoms with Crippen molar-refractivity contribution in [2.75, 3.05) is 6.26 Å². The van der Waals surface area contributed by atoms with Gasteiger partial charge in [-0.3, -0.25) is 4.79 Å². The van der Waals surface area contributed by atoms with Gasteiger partial charge in [0.15, 0.2) is 9.84 Å². The van der Waals surface area contributed by atoms with Crippen LogP contribution >= 0.6 is 0 Å². The molecule has 0 aliphatic carbocycles. The summed E-state index contributed by atoms with van der Waals surface area (Å²) in [7, 11) is -3.33. The summed E-state index contributed by atoms with van der Waals surface area (Å²) in [5.74, 6) is -0.274. The smallest absolute Gasteiger partial charge is 0.251 e. The summed E-state index contributed by atoms with van der Waals surface area (Å²) in [6.07, 6.45) is 1.13. The molecule has 4 nitrogen and oxygen atoms in total. The molecule has 0 fully saturated rings. The lowest BCUT2D eigenvalue weighted by molar-refractivity contribution is 0.0950. The molecular weight excluding hydrogens is 298 g/mol. The van der Waals surface area contributed by atoms with Gasteiger partial charge in [-0.1, -0.05) is 35.9 Å². The van der Waals surface area contributed by atoms with Crippen LogP contribution < -0.4 is 5.32 Å². The number of benzene rings is 2. The molecule has 1 N–H and O–H groups in total. The maximum atomic E-state index is 12.3. The number of carbonyl (C=O) groups is 1. The molecule has 0 bridgehead atoms. The molecule has 0 saturated carbocycles. The molecular formula is C17H19NO3S.